The highest BCUT2D eigenvalue weighted by Crippen LogP contribution is 2.17. The largest absolute Gasteiger partial charge is 0.478 e. The van der Waals surface area contributed by atoms with Gasteiger partial charge in [0.05, 0.1) is 0 Å². The van der Waals surface area contributed by atoms with Crippen LogP contribution in [0, 0.1) is 5.82 Å². The van der Waals surface area contributed by atoms with E-state index < -0.39 is 23.7 Å². The molecule has 5 nitrogen and oxygen atoms in total. The van der Waals surface area contributed by atoms with Gasteiger partial charge in [-0.1, -0.05) is 38.1 Å². The van der Waals surface area contributed by atoms with Crippen LogP contribution in [-0.2, 0) is 4.79 Å². The van der Waals surface area contributed by atoms with Crippen molar-refractivity contribution in [2.45, 2.75) is 32.8 Å². The van der Waals surface area contributed by atoms with Crippen LogP contribution in [-0.4, -0.2) is 17.9 Å². The highest BCUT2D eigenvalue weighted by Gasteiger charge is 2.17. The molecule has 0 radical (unpaired) electrons. The molecule has 0 saturated carbocycles. The van der Waals surface area contributed by atoms with Crippen molar-refractivity contribution in [2.75, 3.05) is 0 Å². The Bertz CT molecular complexity index is 745. The number of para-hydroxylation sites is 1. The fraction of sp³-hybridized carbons (Fsp3) is 0.263. The van der Waals surface area contributed by atoms with Crippen molar-refractivity contribution in [1.82, 2.24) is 10.9 Å². The molecule has 0 bridgehead atoms. The van der Waals surface area contributed by atoms with Crippen LogP contribution >= 0.6 is 0 Å². The number of hydrazine groups is 1. The predicted octanol–water partition coefficient (Wildman–Crippen LogP) is 3.18. The van der Waals surface area contributed by atoms with E-state index >= 15 is 0 Å². The van der Waals surface area contributed by atoms with Crippen molar-refractivity contribution in [1.29, 1.82) is 0 Å². The number of nitrogens with one attached hydrogen (secondary N) is 2. The summed E-state index contributed by atoms with van der Waals surface area (Å²) in [6.45, 7) is 5.59. The minimum atomic E-state index is -0.972. The first kappa shape index (κ1) is 18.4. The van der Waals surface area contributed by atoms with E-state index in [0.29, 0.717) is 11.5 Å². The molecular formula is C19H21FN2O3. The molecule has 0 aliphatic rings. The van der Waals surface area contributed by atoms with Crippen LogP contribution in [0.25, 0.3) is 0 Å². The van der Waals surface area contributed by atoms with Crippen LogP contribution in [0.3, 0.4) is 0 Å². The maximum Gasteiger partial charge on any atom is 0.279 e. The zero-order valence-electron chi connectivity index (χ0n) is 14.4. The first-order chi connectivity index (χ1) is 11.9. The lowest BCUT2D eigenvalue weighted by Crippen LogP contribution is -2.47. The van der Waals surface area contributed by atoms with Crippen molar-refractivity contribution in [2.24, 2.45) is 0 Å². The summed E-state index contributed by atoms with van der Waals surface area (Å²) in [6, 6.07) is 12.9. The maximum atomic E-state index is 13.5. The van der Waals surface area contributed by atoms with Gasteiger partial charge < -0.3 is 4.74 Å². The van der Waals surface area contributed by atoms with E-state index in [1.807, 2.05) is 12.1 Å². The Hall–Kier alpha value is -2.89. The number of amides is 2. The van der Waals surface area contributed by atoms with Gasteiger partial charge in [0.25, 0.3) is 11.8 Å². The Morgan fingerprint density at radius 3 is 2.20 bits per heavy atom. The third kappa shape index (κ3) is 5.04. The van der Waals surface area contributed by atoms with E-state index in [4.69, 9.17) is 4.74 Å². The van der Waals surface area contributed by atoms with Crippen molar-refractivity contribution in [3.05, 3.63) is 65.5 Å². The van der Waals surface area contributed by atoms with Crippen LogP contribution in [0.5, 0.6) is 5.75 Å². The molecule has 2 aromatic carbocycles. The second kappa shape index (κ2) is 8.28. The van der Waals surface area contributed by atoms with Gasteiger partial charge in [-0.25, -0.2) is 4.39 Å². The van der Waals surface area contributed by atoms with Crippen LogP contribution in [0.1, 0.15) is 42.6 Å². The molecule has 0 aromatic heterocycles. The van der Waals surface area contributed by atoms with Crippen LogP contribution in [0.4, 0.5) is 4.39 Å². The number of benzene rings is 2. The van der Waals surface area contributed by atoms with Gasteiger partial charge in [-0.2, -0.15) is 0 Å². The molecule has 132 valence electrons. The molecule has 0 saturated heterocycles. The third-order valence-corrected chi connectivity index (χ3v) is 3.65. The molecule has 2 aromatic rings. The molecule has 1 atom stereocenters. The lowest BCUT2D eigenvalue weighted by Gasteiger charge is -2.15. The van der Waals surface area contributed by atoms with Gasteiger partial charge >= 0.3 is 0 Å². The summed E-state index contributed by atoms with van der Waals surface area (Å²) in [4.78, 5) is 24.0. The van der Waals surface area contributed by atoms with Crippen LogP contribution < -0.4 is 15.6 Å². The molecule has 0 aliphatic carbocycles. The van der Waals surface area contributed by atoms with Crippen LogP contribution in [0.2, 0.25) is 0 Å². The highest BCUT2D eigenvalue weighted by molar-refractivity contribution is 5.95. The summed E-state index contributed by atoms with van der Waals surface area (Å²) >= 11 is 0. The predicted molar refractivity (Wildman–Crippen MR) is 92.6 cm³/mol. The Labute approximate surface area is 146 Å². The third-order valence-electron chi connectivity index (χ3n) is 3.65. The van der Waals surface area contributed by atoms with Crippen molar-refractivity contribution >= 4 is 11.8 Å². The standard InChI is InChI=1S/C19H21FN2O3/c1-12(2)14-8-10-15(11-9-14)19(24)22-21-18(23)13(3)25-17-7-5-4-6-16(17)20/h4-13H,1-3H3,(H,21,23)(H,22,24). The quantitative estimate of drug-likeness (QED) is 0.819. The number of hydrogen-bond acceptors (Lipinski definition) is 3. The lowest BCUT2D eigenvalue weighted by molar-refractivity contribution is -0.128. The first-order valence-corrected chi connectivity index (χ1v) is 8.00. The summed E-state index contributed by atoms with van der Waals surface area (Å²) in [5.74, 6) is -1.25. The van der Waals surface area contributed by atoms with E-state index in [-0.39, 0.29) is 5.75 Å². The van der Waals surface area contributed by atoms with Gasteiger partial charge in [0, 0.05) is 5.56 Å². The molecule has 6 heteroatoms. The second-order valence-corrected chi connectivity index (χ2v) is 5.91. The zero-order valence-corrected chi connectivity index (χ0v) is 14.4. The minimum absolute atomic E-state index is 0.0271. The average molecular weight is 344 g/mol. The Kier molecular flexibility index (Phi) is 6.11. The number of hydrogen-bond donors (Lipinski definition) is 2. The summed E-state index contributed by atoms with van der Waals surface area (Å²) in [6.07, 6.45) is -0.972. The normalized spacial score (nSPS) is 11.7. The summed E-state index contributed by atoms with van der Waals surface area (Å²) in [7, 11) is 0. The smallest absolute Gasteiger partial charge is 0.279 e. The van der Waals surface area contributed by atoms with Gasteiger partial charge in [-0.3, -0.25) is 20.4 Å². The second-order valence-electron chi connectivity index (χ2n) is 5.91. The fourth-order valence-electron chi connectivity index (χ4n) is 2.10. The van der Waals surface area contributed by atoms with E-state index in [0.717, 1.165) is 5.56 Å². The Morgan fingerprint density at radius 1 is 0.960 bits per heavy atom. The molecule has 2 rings (SSSR count). The van der Waals surface area contributed by atoms with Crippen molar-refractivity contribution in [3.63, 3.8) is 0 Å². The van der Waals surface area contributed by atoms with Crippen molar-refractivity contribution < 1.29 is 18.7 Å². The molecule has 0 spiro atoms. The SMILES string of the molecule is CC(Oc1ccccc1F)C(=O)NNC(=O)c1ccc(C(C)C)cc1. The topological polar surface area (TPSA) is 67.4 Å². The molecule has 0 fully saturated rings. The fourth-order valence-corrected chi connectivity index (χ4v) is 2.10. The van der Waals surface area contributed by atoms with Gasteiger partial charge in [-0.05, 0) is 42.7 Å². The van der Waals surface area contributed by atoms with Gasteiger partial charge in [0.2, 0.25) is 0 Å². The van der Waals surface area contributed by atoms with Crippen LogP contribution in [0.15, 0.2) is 48.5 Å². The van der Waals surface area contributed by atoms with E-state index in [2.05, 4.69) is 24.7 Å². The minimum Gasteiger partial charge on any atom is -0.478 e. The first-order valence-electron chi connectivity index (χ1n) is 8.00. The number of ether oxygens (including phenoxy) is 1. The molecule has 2 amide bonds. The van der Waals surface area contributed by atoms with Gasteiger partial charge in [0.15, 0.2) is 17.7 Å². The summed E-state index contributed by atoms with van der Waals surface area (Å²) in [5.41, 5.74) is 6.13. The van der Waals surface area contributed by atoms with E-state index in [1.165, 1.54) is 25.1 Å². The Morgan fingerprint density at radius 2 is 1.60 bits per heavy atom. The van der Waals surface area contributed by atoms with E-state index in [1.54, 1.807) is 18.2 Å². The number of carbonyl (C=O) groups is 2. The molecule has 0 heterocycles. The molecule has 1 unspecified atom stereocenters. The molecule has 2 N–H and O–H groups in total. The van der Waals surface area contributed by atoms with Crippen molar-refractivity contribution in [3.8, 4) is 5.75 Å². The maximum absolute atomic E-state index is 13.5. The Balaban J connectivity index is 1.88. The van der Waals surface area contributed by atoms with E-state index in [9.17, 15) is 14.0 Å². The zero-order chi connectivity index (χ0) is 18.4. The van der Waals surface area contributed by atoms with Gasteiger partial charge in [0.1, 0.15) is 0 Å². The average Bonchev–Trinajstić information content (AvgIpc) is 2.61. The number of carbonyl (C=O) groups excluding carboxylic acids is 2. The monoisotopic (exact) mass is 344 g/mol. The number of halogens is 1. The van der Waals surface area contributed by atoms with Gasteiger partial charge in [-0.15, -0.1) is 0 Å². The number of rotatable bonds is 5. The molecule has 0 aliphatic heterocycles. The summed E-state index contributed by atoms with van der Waals surface area (Å²) < 4.78 is 18.8. The molecule has 25 heavy (non-hydrogen) atoms. The summed E-state index contributed by atoms with van der Waals surface area (Å²) in [5, 5.41) is 0. The molecular weight excluding hydrogens is 323 g/mol. The highest BCUT2D eigenvalue weighted by atomic mass is 19.1. The lowest BCUT2D eigenvalue weighted by atomic mass is 10.0.